The number of esters is 2. The van der Waals surface area contributed by atoms with Gasteiger partial charge in [-0.3, -0.25) is 9.59 Å². The zero-order valence-corrected chi connectivity index (χ0v) is 11.9. The van der Waals surface area contributed by atoms with Crippen LogP contribution in [0, 0.1) is 5.92 Å². The van der Waals surface area contributed by atoms with Gasteiger partial charge in [-0.15, -0.1) is 0 Å². The van der Waals surface area contributed by atoms with Gasteiger partial charge in [0.05, 0.1) is 13.2 Å². The Morgan fingerprint density at radius 1 is 1.11 bits per heavy atom. The van der Waals surface area contributed by atoms with E-state index in [1.165, 1.54) is 18.4 Å². The molecule has 4 nitrogen and oxygen atoms in total. The van der Waals surface area contributed by atoms with Crippen LogP contribution in [0.5, 0.6) is 0 Å². The number of carbonyl (C=O) groups excluding carboxylic acids is 2. The lowest BCUT2D eigenvalue weighted by Gasteiger charge is -2.13. The third-order valence-electron chi connectivity index (χ3n) is 3.28. The summed E-state index contributed by atoms with van der Waals surface area (Å²) in [5.74, 6) is -1.71. The first-order valence-electron chi connectivity index (χ1n) is 7.20. The monoisotopic (exact) mass is 268 g/mol. The Labute approximate surface area is 115 Å². The Morgan fingerprint density at radius 2 is 1.63 bits per heavy atom. The summed E-state index contributed by atoms with van der Waals surface area (Å²) >= 11 is 0. The fraction of sp³-hybridized carbons (Fsp3) is 0.733. The van der Waals surface area contributed by atoms with Crippen LogP contribution in [-0.2, 0) is 19.1 Å². The van der Waals surface area contributed by atoms with Gasteiger partial charge in [0.15, 0.2) is 5.92 Å². The molecule has 0 radical (unpaired) electrons. The number of hydrogen-bond acceptors (Lipinski definition) is 4. The van der Waals surface area contributed by atoms with Gasteiger partial charge >= 0.3 is 11.9 Å². The highest BCUT2D eigenvalue weighted by molar-refractivity contribution is 5.94. The maximum absolute atomic E-state index is 11.7. The standard InChI is InChI=1S/C15H24O4/c1-3-18-14(16)13(15(17)19-4-2)11-7-10-12-8-5-6-9-12/h10,13H,3-9,11H2,1-2H3. The van der Waals surface area contributed by atoms with Crippen molar-refractivity contribution in [2.24, 2.45) is 5.92 Å². The van der Waals surface area contributed by atoms with Crippen LogP contribution in [-0.4, -0.2) is 25.2 Å². The lowest BCUT2D eigenvalue weighted by molar-refractivity contribution is -0.161. The van der Waals surface area contributed by atoms with Crippen LogP contribution in [0.25, 0.3) is 0 Å². The van der Waals surface area contributed by atoms with Crippen LogP contribution in [0.3, 0.4) is 0 Å². The van der Waals surface area contributed by atoms with Crippen molar-refractivity contribution in [2.75, 3.05) is 13.2 Å². The number of rotatable bonds is 7. The van der Waals surface area contributed by atoms with Gasteiger partial charge in [0.2, 0.25) is 0 Å². The largest absolute Gasteiger partial charge is 0.465 e. The van der Waals surface area contributed by atoms with Gasteiger partial charge < -0.3 is 9.47 Å². The average Bonchev–Trinajstić information content (AvgIpc) is 2.88. The van der Waals surface area contributed by atoms with Gasteiger partial charge in [0, 0.05) is 0 Å². The minimum Gasteiger partial charge on any atom is -0.465 e. The number of allylic oxidation sites excluding steroid dienone is 2. The molecule has 0 amide bonds. The normalized spacial score (nSPS) is 14.6. The summed E-state index contributed by atoms with van der Waals surface area (Å²) in [6, 6.07) is 0. The average molecular weight is 268 g/mol. The minimum absolute atomic E-state index is 0.288. The molecule has 0 aromatic rings. The lowest BCUT2D eigenvalue weighted by Crippen LogP contribution is -2.28. The van der Waals surface area contributed by atoms with E-state index in [1.807, 2.05) is 0 Å². The van der Waals surface area contributed by atoms with Gasteiger partial charge in [-0.1, -0.05) is 11.6 Å². The summed E-state index contributed by atoms with van der Waals surface area (Å²) in [7, 11) is 0. The molecule has 19 heavy (non-hydrogen) atoms. The number of hydrogen-bond donors (Lipinski definition) is 0. The molecule has 0 atom stereocenters. The van der Waals surface area contributed by atoms with E-state index in [0.29, 0.717) is 6.42 Å². The Bertz CT molecular complexity index is 307. The first-order chi connectivity index (χ1) is 9.19. The first kappa shape index (κ1) is 15.7. The van der Waals surface area contributed by atoms with Crippen molar-refractivity contribution in [1.82, 2.24) is 0 Å². The van der Waals surface area contributed by atoms with Crippen LogP contribution in [0.15, 0.2) is 11.6 Å². The summed E-state index contributed by atoms with van der Waals surface area (Å²) in [5, 5.41) is 0. The van der Waals surface area contributed by atoms with Gasteiger partial charge in [0.1, 0.15) is 0 Å². The molecule has 0 aromatic carbocycles. The molecule has 1 aliphatic rings. The summed E-state index contributed by atoms with van der Waals surface area (Å²) in [4.78, 5) is 23.5. The van der Waals surface area contributed by atoms with E-state index in [-0.39, 0.29) is 13.2 Å². The molecule has 0 saturated heterocycles. The summed E-state index contributed by atoms with van der Waals surface area (Å²) in [6.45, 7) is 4.05. The first-order valence-corrected chi connectivity index (χ1v) is 7.20. The molecule has 1 aliphatic carbocycles. The zero-order chi connectivity index (χ0) is 14.1. The molecule has 0 spiro atoms. The summed E-state index contributed by atoms with van der Waals surface area (Å²) < 4.78 is 9.87. The second-order valence-corrected chi connectivity index (χ2v) is 4.70. The fourth-order valence-corrected chi connectivity index (χ4v) is 2.31. The van der Waals surface area contributed by atoms with E-state index >= 15 is 0 Å². The highest BCUT2D eigenvalue weighted by Gasteiger charge is 2.28. The van der Waals surface area contributed by atoms with Crippen molar-refractivity contribution in [3.63, 3.8) is 0 Å². The molecule has 4 heteroatoms. The molecule has 108 valence electrons. The molecular weight excluding hydrogens is 244 g/mol. The van der Waals surface area contributed by atoms with Crippen molar-refractivity contribution in [3.8, 4) is 0 Å². The van der Waals surface area contributed by atoms with Crippen LogP contribution < -0.4 is 0 Å². The van der Waals surface area contributed by atoms with Crippen molar-refractivity contribution in [3.05, 3.63) is 11.6 Å². The maximum atomic E-state index is 11.7. The van der Waals surface area contributed by atoms with E-state index in [2.05, 4.69) is 6.08 Å². The van der Waals surface area contributed by atoms with Crippen molar-refractivity contribution in [1.29, 1.82) is 0 Å². The number of carbonyl (C=O) groups is 2. The molecular formula is C15H24O4. The molecule has 0 aromatic heterocycles. The van der Waals surface area contributed by atoms with E-state index in [0.717, 1.165) is 19.3 Å². The van der Waals surface area contributed by atoms with E-state index in [4.69, 9.17) is 9.47 Å². The summed E-state index contributed by atoms with van der Waals surface area (Å²) in [5.41, 5.74) is 1.45. The Kier molecular flexibility index (Phi) is 7.23. The quantitative estimate of drug-likeness (QED) is 0.404. The molecule has 0 bridgehead atoms. The molecule has 0 N–H and O–H groups in total. The molecule has 0 aliphatic heterocycles. The minimum atomic E-state index is -0.779. The molecule has 1 rings (SSSR count). The Hall–Kier alpha value is -1.32. The van der Waals surface area contributed by atoms with Crippen molar-refractivity contribution in [2.45, 2.75) is 52.4 Å². The Balaban J connectivity index is 2.50. The van der Waals surface area contributed by atoms with E-state index in [9.17, 15) is 9.59 Å². The molecule has 1 saturated carbocycles. The van der Waals surface area contributed by atoms with Crippen molar-refractivity contribution >= 4 is 11.9 Å². The molecule has 0 unspecified atom stereocenters. The highest BCUT2D eigenvalue weighted by atomic mass is 16.6. The fourth-order valence-electron chi connectivity index (χ4n) is 2.31. The van der Waals surface area contributed by atoms with Crippen LogP contribution in [0.2, 0.25) is 0 Å². The lowest BCUT2D eigenvalue weighted by atomic mass is 10.0. The number of ether oxygens (including phenoxy) is 2. The zero-order valence-electron chi connectivity index (χ0n) is 11.9. The molecule has 0 heterocycles. The van der Waals surface area contributed by atoms with Gasteiger partial charge in [0.25, 0.3) is 0 Å². The van der Waals surface area contributed by atoms with Gasteiger partial charge in [-0.25, -0.2) is 0 Å². The van der Waals surface area contributed by atoms with Gasteiger partial charge in [-0.05, 0) is 52.4 Å². The smallest absolute Gasteiger partial charge is 0.320 e. The summed E-state index contributed by atoms with van der Waals surface area (Å²) in [6.07, 6.45) is 8.19. The second kappa shape index (κ2) is 8.73. The van der Waals surface area contributed by atoms with E-state index < -0.39 is 17.9 Å². The van der Waals surface area contributed by atoms with E-state index in [1.54, 1.807) is 13.8 Å². The topological polar surface area (TPSA) is 52.6 Å². The van der Waals surface area contributed by atoms with Crippen LogP contribution in [0.4, 0.5) is 0 Å². The predicted molar refractivity (Wildman–Crippen MR) is 72.5 cm³/mol. The highest BCUT2D eigenvalue weighted by Crippen LogP contribution is 2.25. The third kappa shape index (κ3) is 5.45. The van der Waals surface area contributed by atoms with Crippen LogP contribution in [0.1, 0.15) is 52.4 Å². The van der Waals surface area contributed by atoms with Crippen molar-refractivity contribution < 1.29 is 19.1 Å². The van der Waals surface area contributed by atoms with Gasteiger partial charge in [-0.2, -0.15) is 0 Å². The third-order valence-corrected chi connectivity index (χ3v) is 3.28. The SMILES string of the molecule is CCOC(=O)C(CCC=C1CCCC1)C(=O)OCC. The second-order valence-electron chi connectivity index (χ2n) is 4.70. The Morgan fingerprint density at radius 3 is 2.11 bits per heavy atom. The maximum Gasteiger partial charge on any atom is 0.320 e. The predicted octanol–water partition coefficient (Wildman–Crippen LogP) is 3.01. The molecule has 1 fully saturated rings. The van der Waals surface area contributed by atoms with Crippen LogP contribution >= 0.6 is 0 Å².